The molecule has 0 saturated heterocycles. The number of fused-ring (bicyclic) bond motifs is 2. The molecule has 0 aromatic carbocycles. The minimum Gasteiger partial charge on any atom is -0.518 e. The molecule has 0 N–H and O–H groups in total. The Hall–Kier alpha value is -0.176. The second-order valence-electron chi connectivity index (χ2n) is 9.93. The lowest BCUT2D eigenvalue weighted by Crippen LogP contribution is -2.53. The van der Waals surface area contributed by atoms with Crippen LogP contribution in [0.3, 0.4) is 0 Å². The third-order valence-electron chi connectivity index (χ3n) is 7.58. The number of hydrogen-bond acceptors (Lipinski definition) is 4. The summed E-state index contributed by atoms with van der Waals surface area (Å²) in [7, 11) is -3.77. The zero-order chi connectivity index (χ0) is 21.3. The Bertz CT molecular complexity index is 509. The highest BCUT2D eigenvalue weighted by Crippen LogP contribution is 2.68. The van der Waals surface area contributed by atoms with E-state index in [-0.39, 0.29) is 16.9 Å². The fraction of sp³-hybridized carbons (Fsp3) is 0.955. The van der Waals surface area contributed by atoms with Gasteiger partial charge in [-0.05, 0) is 61.6 Å². The van der Waals surface area contributed by atoms with E-state index >= 15 is 0 Å². The van der Waals surface area contributed by atoms with Gasteiger partial charge in [0.05, 0.1) is 5.92 Å². The minimum atomic E-state index is -2.23. The maximum atomic E-state index is 13.7. The van der Waals surface area contributed by atoms with E-state index in [1.807, 2.05) is 13.8 Å². The van der Waals surface area contributed by atoms with Gasteiger partial charge in [-0.3, -0.25) is 4.79 Å². The Morgan fingerprint density at radius 3 is 1.89 bits per heavy atom. The van der Waals surface area contributed by atoms with Gasteiger partial charge in [0, 0.05) is 18.3 Å². The second kappa shape index (κ2) is 9.31. The van der Waals surface area contributed by atoms with Gasteiger partial charge in [-0.2, -0.15) is 0 Å². The maximum absolute atomic E-state index is 13.7. The Morgan fingerprint density at radius 1 is 1.00 bits per heavy atom. The lowest BCUT2D eigenvalue weighted by Gasteiger charge is -2.45. The maximum Gasteiger partial charge on any atom is 0.392 e. The van der Waals surface area contributed by atoms with Crippen LogP contribution in [0, 0.1) is 17.8 Å². The fourth-order valence-corrected chi connectivity index (χ4v) is 14.4. The number of rotatable bonds is 10. The molecule has 0 amide bonds. The van der Waals surface area contributed by atoms with Gasteiger partial charge in [-0.15, -0.1) is 0 Å². The molecule has 6 heteroatoms. The standard InChI is InChI=1S/C22H43O4Si2/c1-10-24-27(25-11-2)22-14-19(12-18(22)9)13-20(22)21(23)26-28(15(3)4,16(5)6)17(7)8/h15-20H,10-14H2,1-9H3. The first-order valence-electron chi connectivity index (χ1n) is 11.4. The van der Waals surface area contributed by atoms with Gasteiger partial charge in [-0.25, -0.2) is 0 Å². The Labute approximate surface area is 176 Å². The van der Waals surface area contributed by atoms with Crippen LogP contribution in [-0.2, 0) is 18.1 Å². The van der Waals surface area contributed by atoms with Crippen molar-refractivity contribution in [2.75, 3.05) is 13.2 Å². The summed E-state index contributed by atoms with van der Waals surface area (Å²) in [6.45, 7) is 21.1. The summed E-state index contributed by atoms with van der Waals surface area (Å²) in [6, 6.07) is 0. The van der Waals surface area contributed by atoms with Gasteiger partial charge in [-0.1, -0.05) is 48.5 Å². The number of hydrogen-bond donors (Lipinski definition) is 0. The van der Waals surface area contributed by atoms with E-state index in [1.165, 1.54) is 6.42 Å². The summed E-state index contributed by atoms with van der Waals surface area (Å²) in [5, 5.41) is -0.135. The van der Waals surface area contributed by atoms with E-state index in [9.17, 15) is 4.79 Å². The van der Waals surface area contributed by atoms with Crippen molar-refractivity contribution in [3.05, 3.63) is 0 Å². The van der Waals surface area contributed by atoms with E-state index in [1.54, 1.807) is 0 Å². The van der Waals surface area contributed by atoms with Crippen molar-refractivity contribution in [3.63, 3.8) is 0 Å². The molecule has 2 aliphatic rings. The molecule has 163 valence electrons. The molecule has 0 heterocycles. The van der Waals surface area contributed by atoms with Crippen molar-refractivity contribution in [2.24, 2.45) is 17.8 Å². The van der Waals surface area contributed by atoms with Crippen LogP contribution in [-0.4, -0.2) is 36.8 Å². The van der Waals surface area contributed by atoms with E-state index in [0.29, 0.717) is 41.7 Å². The molecule has 4 atom stereocenters. The van der Waals surface area contributed by atoms with Gasteiger partial charge >= 0.3 is 9.28 Å². The number of carbonyl (C=O) groups excluding carboxylic acids is 1. The second-order valence-corrected chi connectivity index (χ2v) is 17.4. The van der Waals surface area contributed by atoms with Crippen molar-refractivity contribution in [3.8, 4) is 0 Å². The summed E-state index contributed by atoms with van der Waals surface area (Å²) >= 11 is 0. The van der Waals surface area contributed by atoms with Crippen molar-refractivity contribution in [2.45, 2.75) is 103 Å². The highest BCUT2D eigenvalue weighted by Gasteiger charge is 2.66. The van der Waals surface area contributed by atoms with Crippen molar-refractivity contribution >= 4 is 23.6 Å². The molecular weight excluding hydrogens is 384 g/mol. The molecule has 2 saturated carbocycles. The predicted octanol–water partition coefficient (Wildman–Crippen LogP) is 6.07. The molecule has 4 unspecified atom stereocenters. The van der Waals surface area contributed by atoms with Crippen LogP contribution in [0.2, 0.25) is 21.7 Å². The first kappa shape index (κ1) is 24.1. The minimum absolute atomic E-state index is 0.0544. The third-order valence-corrected chi connectivity index (χ3v) is 16.5. The molecule has 2 fully saturated rings. The zero-order valence-electron chi connectivity index (χ0n) is 19.6. The van der Waals surface area contributed by atoms with Gasteiger partial charge in [0.25, 0.3) is 14.3 Å². The molecule has 2 rings (SSSR count). The Morgan fingerprint density at radius 2 is 1.50 bits per heavy atom. The fourth-order valence-electron chi connectivity index (χ4n) is 6.59. The highest BCUT2D eigenvalue weighted by molar-refractivity contribution is 6.79. The highest BCUT2D eigenvalue weighted by atomic mass is 28.4. The van der Waals surface area contributed by atoms with E-state index in [0.717, 1.165) is 12.8 Å². The molecule has 0 spiro atoms. The summed E-state index contributed by atoms with van der Waals surface area (Å²) in [4.78, 5) is 13.7. The van der Waals surface area contributed by atoms with Gasteiger partial charge < -0.3 is 13.3 Å². The van der Waals surface area contributed by atoms with Crippen LogP contribution in [0.1, 0.15) is 81.6 Å². The van der Waals surface area contributed by atoms with E-state index in [2.05, 4.69) is 48.5 Å². The summed E-state index contributed by atoms with van der Waals surface area (Å²) < 4.78 is 19.0. The van der Waals surface area contributed by atoms with Crippen LogP contribution in [0.4, 0.5) is 0 Å². The topological polar surface area (TPSA) is 44.8 Å². The molecule has 0 aromatic heterocycles. The average Bonchev–Trinajstić information content (AvgIpc) is 3.13. The van der Waals surface area contributed by atoms with Crippen molar-refractivity contribution < 1.29 is 18.1 Å². The van der Waals surface area contributed by atoms with Crippen LogP contribution in [0.5, 0.6) is 0 Å². The summed E-state index contributed by atoms with van der Waals surface area (Å²) in [5.41, 5.74) is 1.23. The smallest absolute Gasteiger partial charge is 0.392 e. The lowest BCUT2D eigenvalue weighted by atomic mass is 9.80. The first-order valence-corrected chi connectivity index (χ1v) is 14.9. The Kier molecular flexibility index (Phi) is 8.02. The van der Waals surface area contributed by atoms with E-state index < -0.39 is 17.6 Å². The van der Waals surface area contributed by atoms with Crippen molar-refractivity contribution in [1.29, 1.82) is 0 Å². The third kappa shape index (κ3) is 3.91. The summed E-state index contributed by atoms with van der Waals surface area (Å²) in [5.74, 6) is 1.07. The molecule has 2 aliphatic carbocycles. The van der Waals surface area contributed by atoms with Crippen LogP contribution >= 0.6 is 0 Å². The first-order chi connectivity index (χ1) is 13.1. The molecule has 4 nitrogen and oxygen atoms in total. The normalized spacial score (nSPS) is 30.2. The monoisotopic (exact) mass is 427 g/mol. The van der Waals surface area contributed by atoms with Gasteiger partial charge in [0.15, 0.2) is 0 Å². The van der Waals surface area contributed by atoms with Gasteiger partial charge in [0.1, 0.15) is 0 Å². The predicted molar refractivity (Wildman–Crippen MR) is 119 cm³/mol. The summed E-state index contributed by atoms with van der Waals surface area (Å²) in [6.07, 6.45) is 3.22. The molecule has 1 radical (unpaired) electrons. The average molecular weight is 428 g/mol. The van der Waals surface area contributed by atoms with E-state index in [4.69, 9.17) is 13.3 Å². The SMILES string of the molecule is CCO[Si](OCC)C12CC(CC1C)CC2C(=O)O[Si](C(C)C)(C(C)C)C(C)C. The lowest BCUT2D eigenvalue weighted by molar-refractivity contribution is -0.142. The van der Waals surface area contributed by atoms with Gasteiger partial charge in [0.2, 0.25) is 0 Å². The molecule has 0 aliphatic heterocycles. The molecular formula is C22H43O4Si2. The molecule has 0 aromatic rings. The van der Waals surface area contributed by atoms with Crippen LogP contribution in [0.15, 0.2) is 0 Å². The quantitative estimate of drug-likeness (QED) is 0.397. The Balaban J connectivity index is 2.37. The number of carbonyl (C=O) groups is 1. The largest absolute Gasteiger partial charge is 0.518 e. The zero-order valence-corrected chi connectivity index (χ0v) is 21.6. The molecule has 28 heavy (non-hydrogen) atoms. The van der Waals surface area contributed by atoms with Crippen LogP contribution < -0.4 is 0 Å². The van der Waals surface area contributed by atoms with Crippen molar-refractivity contribution in [1.82, 2.24) is 0 Å². The van der Waals surface area contributed by atoms with Crippen LogP contribution in [0.25, 0.3) is 0 Å². The molecule has 2 bridgehead atoms.